The summed E-state index contributed by atoms with van der Waals surface area (Å²) in [4.78, 5) is 17.3. The molecule has 0 aliphatic heterocycles. The molecule has 3 aromatic carbocycles. The third-order valence-corrected chi connectivity index (χ3v) is 5.34. The maximum absolute atomic E-state index is 11.8. The Hall–Kier alpha value is -3.53. The number of nitrogens with zero attached hydrogens (tertiary/aromatic N) is 1. The number of H-pyrrole nitrogens is 1. The van der Waals surface area contributed by atoms with Crippen LogP contribution < -0.4 is 4.90 Å². The fourth-order valence-electron chi connectivity index (χ4n) is 3.78. The number of nitrogens with one attached hydrogen (secondary N) is 1. The van der Waals surface area contributed by atoms with Gasteiger partial charge in [0.2, 0.25) is 0 Å². The van der Waals surface area contributed by atoms with Gasteiger partial charge in [-0.15, -0.1) is 0 Å². The molecule has 4 heteroatoms. The van der Waals surface area contributed by atoms with Gasteiger partial charge in [-0.05, 0) is 47.0 Å². The molecule has 0 bridgehead atoms. The fraction of sp³-hybridized carbons (Fsp3) is 0.160. The maximum Gasteiger partial charge on any atom is 0.337 e. The SMILES string of the molecule is COC(=O)c1ccc(C(c2ccc(N(C)C)cc2)c2c[nH]c3ccccc23)cc1. The van der Waals surface area contributed by atoms with E-state index in [0.717, 1.165) is 16.8 Å². The average Bonchev–Trinajstić information content (AvgIpc) is 3.18. The fourth-order valence-corrected chi connectivity index (χ4v) is 3.78. The predicted octanol–water partition coefficient (Wildman–Crippen LogP) is 5.20. The molecule has 0 aliphatic carbocycles. The van der Waals surface area contributed by atoms with Crippen molar-refractivity contribution in [1.82, 2.24) is 4.98 Å². The highest BCUT2D eigenvalue weighted by Crippen LogP contribution is 2.36. The Labute approximate surface area is 170 Å². The van der Waals surface area contributed by atoms with Gasteiger partial charge in [0.25, 0.3) is 0 Å². The Morgan fingerprint density at radius 1 is 0.897 bits per heavy atom. The molecule has 1 unspecified atom stereocenters. The summed E-state index contributed by atoms with van der Waals surface area (Å²) >= 11 is 0. The third-order valence-electron chi connectivity index (χ3n) is 5.34. The molecule has 0 amide bonds. The highest BCUT2D eigenvalue weighted by Gasteiger charge is 2.21. The van der Waals surface area contributed by atoms with E-state index in [2.05, 4.69) is 58.5 Å². The van der Waals surface area contributed by atoms with Crippen molar-refractivity contribution >= 4 is 22.6 Å². The van der Waals surface area contributed by atoms with Crippen molar-refractivity contribution in [2.24, 2.45) is 0 Å². The van der Waals surface area contributed by atoms with E-state index < -0.39 is 0 Å². The van der Waals surface area contributed by atoms with Crippen LogP contribution in [0.25, 0.3) is 10.9 Å². The Morgan fingerprint density at radius 3 is 2.14 bits per heavy atom. The molecule has 0 aliphatic rings. The number of aromatic amines is 1. The lowest BCUT2D eigenvalue weighted by molar-refractivity contribution is 0.0600. The normalized spacial score (nSPS) is 12.0. The number of esters is 1. The van der Waals surface area contributed by atoms with E-state index in [0.29, 0.717) is 5.56 Å². The number of carbonyl (C=O) groups excluding carboxylic acids is 1. The van der Waals surface area contributed by atoms with Crippen LogP contribution >= 0.6 is 0 Å². The van der Waals surface area contributed by atoms with E-state index in [-0.39, 0.29) is 11.9 Å². The third kappa shape index (κ3) is 3.61. The number of hydrogen-bond acceptors (Lipinski definition) is 3. The average molecular weight is 384 g/mol. The second kappa shape index (κ2) is 7.84. The molecule has 0 saturated heterocycles. The van der Waals surface area contributed by atoms with Gasteiger partial charge >= 0.3 is 5.97 Å². The van der Waals surface area contributed by atoms with Gasteiger partial charge in [0.15, 0.2) is 0 Å². The molecule has 0 fully saturated rings. The number of hydrogen-bond donors (Lipinski definition) is 1. The number of aromatic nitrogens is 1. The number of para-hydroxylation sites is 1. The van der Waals surface area contributed by atoms with E-state index in [9.17, 15) is 4.79 Å². The minimum Gasteiger partial charge on any atom is -0.465 e. The molecule has 0 saturated carbocycles. The van der Waals surface area contributed by atoms with Gasteiger partial charge in [0.1, 0.15) is 0 Å². The summed E-state index contributed by atoms with van der Waals surface area (Å²) in [5, 5.41) is 1.20. The van der Waals surface area contributed by atoms with Gasteiger partial charge in [-0.3, -0.25) is 0 Å². The van der Waals surface area contributed by atoms with Crippen LogP contribution in [0.1, 0.15) is 33.0 Å². The predicted molar refractivity (Wildman–Crippen MR) is 118 cm³/mol. The largest absolute Gasteiger partial charge is 0.465 e. The lowest BCUT2D eigenvalue weighted by atomic mass is 9.84. The summed E-state index contributed by atoms with van der Waals surface area (Å²) in [6.07, 6.45) is 2.09. The number of fused-ring (bicyclic) bond motifs is 1. The maximum atomic E-state index is 11.8. The lowest BCUT2D eigenvalue weighted by Gasteiger charge is -2.20. The number of methoxy groups -OCH3 is 1. The first-order valence-corrected chi connectivity index (χ1v) is 9.60. The van der Waals surface area contributed by atoms with Gasteiger partial charge in [-0.1, -0.05) is 42.5 Å². The summed E-state index contributed by atoms with van der Waals surface area (Å²) in [5.41, 5.74) is 6.36. The van der Waals surface area contributed by atoms with Crippen LogP contribution in [0.5, 0.6) is 0 Å². The van der Waals surface area contributed by atoms with Crippen molar-refractivity contribution < 1.29 is 9.53 Å². The summed E-state index contributed by atoms with van der Waals surface area (Å²) in [7, 11) is 5.48. The molecule has 1 heterocycles. The minimum atomic E-state index is -0.324. The topological polar surface area (TPSA) is 45.3 Å². The standard InChI is InChI=1S/C25H24N2O2/c1-27(2)20-14-12-18(13-15-20)24(17-8-10-19(11-9-17)25(28)29-3)22-16-26-23-7-5-4-6-21(22)23/h4-16,24,26H,1-3H3. The summed E-state index contributed by atoms with van der Waals surface area (Å²) in [6, 6.07) is 24.6. The summed E-state index contributed by atoms with van der Waals surface area (Å²) < 4.78 is 4.84. The van der Waals surface area contributed by atoms with Gasteiger partial charge in [-0.2, -0.15) is 0 Å². The van der Waals surface area contributed by atoms with Crippen LogP contribution in [0.2, 0.25) is 0 Å². The van der Waals surface area contributed by atoms with Gasteiger partial charge in [0, 0.05) is 42.8 Å². The summed E-state index contributed by atoms with van der Waals surface area (Å²) in [5.74, 6) is -0.274. The van der Waals surface area contributed by atoms with Crippen LogP contribution in [0.3, 0.4) is 0 Å². The van der Waals surface area contributed by atoms with Crippen LogP contribution in [-0.4, -0.2) is 32.2 Å². The minimum absolute atomic E-state index is 0.0501. The summed E-state index contributed by atoms with van der Waals surface area (Å²) in [6.45, 7) is 0. The van der Waals surface area contributed by atoms with E-state index >= 15 is 0 Å². The molecule has 1 aromatic heterocycles. The molecule has 0 spiro atoms. The number of anilines is 1. The molecule has 146 valence electrons. The molecule has 4 nitrogen and oxygen atoms in total. The number of carbonyl (C=O) groups is 1. The molecular formula is C25H24N2O2. The molecule has 29 heavy (non-hydrogen) atoms. The highest BCUT2D eigenvalue weighted by atomic mass is 16.5. The Kier molecular flexibility index (Phi) is 5.09. The van der Waals surface area contributed by atoms with E-state index in [4.69, 9.17) is 4.74 Å². The van der Waals surface area contributed by atoms with Crippen molar-refractivity contribution in [3.05, 3.63) is 101 Å². The van der Waals surface area contributed by atoms with Gasteiger partial charge in [0.05, 0.1) is 12.7 Å². The Balaban J connectivity index is 1.84. The molecule has 4 rings (SSSR count). The lowest BCUT2D eigenvalue weighted by Crippen LogP contribution is -2.09. The van der Waals surface area contributed by atoms with Gasteiger partial charge < -0.3 is 14.6 Å². The Morgan fingerprint density at radius 2 is 1.52 bits per heavy atom. The first-order valence-electron chi connectivity index (χ1n) is 9.60. The van der Waals surface area contributed by atoms with Crippen molar-refractivity contribution in [2.75, 3.05) is 26.1 Å². The molecule has 1 N–H and O–H groups in total. The zero-order valence-electron chi connectivity index (χ0n) is 16.8. The first kappa shape index (κ1) is 18.8. The van der Waals surface area contributed by atoms with Crippen molar-refractivity contribution in [3.63, 3.8) is 0 Å². The van der Waals surface area contributed by atoms with E-state index in [1.807, 2.05) is 44.4 Å². The quantitative estimate of drug-likeness (QED) is 0.481. The van der Waals surface area contributed by atoms with Gasteiger partial charge in [-0.25, -0.2) is 4.79 Å². The smallest absolute Gasteiger partial charge is 0.337 e. The van der Waals surface area contributed by atoms with E-state index in [1.54, 1.807) is 0 Å². The van der Waals surface area contributed by atoms with E-state index in [1.165, 1.54) is 23.6 Å². The van der Waals surface area contributed by atoms with Crippen LogP contribution in [0, 0.1) is 0 Å². The van der Waals surface area contributed by atoms with Crippen molar-refractivity contribution in [3.8, 4) is 0 Å². The molecule has 0 radical (unpaired) electrons. The van der Waals surface area contributed by atoms with Crippen LogP contribution in [0.15, 0.2) is 79.0 Å². The van der Waals surface area contributed by atoms with Crippen molar-refractivity contribution in [1.29, 1.82) is 0 Å². The second-order valence-electron chi connectivity index (χ2n) is 7.32. The number of rotatable bonds is 5. The number of ether oxygens (including phenoxy) is 1. The monoisotopic (exact) mass is 384 g/mol. The molecular weight excluding hydrogens is 360 g/mol. The van der Waals surface area contributed by atoms with Crippen molar-refractivity contribution in [2.45, 2.75) is 5.92 Å². The number of benzene rings is 3. The first-order chi connectivity index (χ1) is 14.1. The highest BCUT2D eigenvalue weighted by molar-refractivity contribution is 5.89. The zero-order chi connectivity index (χ0) is 20.4. The Bertz CT molecular complexity index is 1130. The van der Waals surface area contributed by atoms with Crippen LogP contribution in [-0.2, 0) is 4.74 Å². The van der Waals surface area contributed by atoms with Crippen LogP contribution in [0.4, 0.5) is 5.69 Å². The molecule has 4 aromatic rings. The second-order valence-corrected chi connectivity index (χ2v) is 7.32. The molecule has 1 atom stereocenters. The zero-order valence-corrected chi connectivity index (χ0v) is 16.8.